The molecule has 3 heterocycles. The summed E-state index contributed by atoms with van der Waals surface area (Å²) in [6.45, 7) is 5.79. The lowest BCUT2D eigenvalue weighted by molar-refractivity contribution is -0.136. The van der Waals surface area contributed by atoms with Crippen LogP contribution in [0.25, 0.3) is 0 Å². The molecule has 2 saturated heterocycles. The lowest BCUT2D eigenvalue weighted by Crippen LogP contribution is -2.45. The van der Waals surface area contributed by atoms with E-state index in [1.807, 2.05) is 0 Å². The van der Waals surface area contributed by atoms with Crippen LogP contribution in [0.15, 0.2) is 4.52 Å². The molecule has 1 aromatic heterocycles. The molecule has 1 amide bonds. The van der Waals surface area contributed by atoms with Crippen LogP contribution in [0.3, 0.4) is 0 Å². The number of likely N-dealkylation sites (tertiary alicyclic amines) is 1. The lowest BCUT2D eigenvalue weighted by Gasteiger charge is -2.37. The van der Waals surface area contributed by atoms with E-state index in [2.05, 4.69) is 26.9 Å². The van der Waals surface area contributed by atoms with Crippen molar-refractivity contribution < 1.29 is 9.32 Å². The summed E-state index contributed by atoms with van der Waals surface area (Å²) in [6, 6.07) is 0.413. The number of carbonyl (C=O) groups is 1. The molecule has 1 saturated carbocycles. The van der Waals surface area contributed by atoms with Crippen molar-refractivity contribution in [3.05, 3.63) is 11.7 Å². The number of hydrogen-bond donors (Lipinski definition) is 0. The molecule has 2 aliphatic heterocycles. The molecule has 0 radical (unpaired) electrons. The highest BCUT2D eigenvalue weighted by Crippen LogP contribution is 2.31. The molecule has 3 fully saturated rings. The fraction of sp³-hybridized carbons (Fsp3) is 0.850. The van der Waals surface area contributed by atoms with E-state index in [1.165, 1.54) is 25.7 Å². The van der Waals surface area contributed by atoms with Crippen LogP contribution in [0.5, 0.6) is 0 Å². The van der Waals surface area contributed by atoms with Crippen LogP contribution >= 0.6 is 0 Å². The van der Waals surface area contributed by atoms with Gasteiger partial charge in [0.1, 0.15) is 0 Å². The first-order valence-corrected chi connectivity index (χ1v) is 10.7. The van der Waals surface area contributed by atoms with Gasteiger partial charge in [-0.1, -0.05) is 30.8 Å². The average molecular weight is 376 g/mol. The highest BCUT2D eigenvalue weighted by atomic mass is 16.5. The number of amides is 1. The third-order valence-electron chi connectivity index (χ3n) is 6.50. The molecule has 1 aliphatic carbocycles. The number of nitrogens with zero attached hydrogens (tertiary/aromatic N) is 5. The van der Waals surface area contributed by atoms with E-state index in [0.29, 0.717) is 18.4 Å². The number of aromatic nitrogens is 2. The van der Waals surface area contributed by atoms with Gasteiger partial charge in [-0.2, -0.15) is 4.98 Å². The van der Waals surface area contributed by atoms with Gasteiger partial charge < -0.3 is 14.3 Å². The van der Waals surface area contributed by atoms with Crippen LogP contribution in [0.1, 0.15) is 69.0 Å². The van der Waals surface area contributed by atoms with Crippen LogP contribution in [0, 0.1) is 0 Å². The molecule has 1 atom stereocenters. The third kappa shape index (κ3) is 4.69. The quantitative estimate of drug-likeness (QED) is 0.752. The minimum Gasteiger partial charge on any atom is -0.339 e. The number of rotatable bonds is 4. The van der Waals surface area contributed by atoms with Gasteiger partial charge in [0.15, 0.2) is 5.82 Å². The zero-order valence-corrected chi connectivity index (χ0v) is 16.6. The Bertz CT molecular complexity index is 618. The summed E-state index contributed by atoms with van der Waals surface area (Å²) < 4.78 is 5.63. The van der Waals surface area contributed by atoms with Gasteiger partial charge in [0.25, 0.3) is 0 Å². The van der Waals surface area contributed by atoms with Gasteiger partial charge in [-0.3, -0.25) is 9.69 Å². The van der Waals surface area contributed by atoms with Gasteiger partial charge in [-0.15, -0.1) is 0 Å². The second-order valence-corrected chi connectivity index (χ2v) is 8.56. The maximum Gasteiger partial charge on any atom is 0.231 e. The molecule has 4 rings (SSSR count). The maximum atomic E-state index is 12.5. The van der Waals surface area contributed by atoms with E-state index in [1.54, 1.807) is 0 Å². The largest absolute Gasteiger partial charge is 0.339 e. The Hall–Kier alpha value is -1.47. The van der Waals surface area contributed by atoms with Crippen LogP contribution in [-0.4, -0.2) is 76.6 Å². The first-order valence-electron chi connectivity index (χ1n) is 10.7. The van der Waals surface area contributed by atoms with Crippen molar-refractivity contribution in [1.29, 1.82) is 0 Å². The fourth-order valence-electron chi connectivity index (χ4n) is 4.70. The molecular formula is C20H33N5O2. The second kappa shape index (κ2) is 8.69. The normalized spacial score (nSPS) is 27.1. The van der Waals surface area contributed by atoms with Gasteiger partial charge in [0.2, 0.25) is 11.8 Å². The van der Waals surface area contributed by atoms with E-state index < -0.39 is 0 Å². The fourth-order valence-corrected chi connectivity index (χ4v) is 4.70. The highest BCUT2D eigenvalue weighted by Gasteiger charge is 2.34. The molecule has 0 aromatic carbocycles. The number of likely N-dealkylation sites (N-methyl/N-ethyl adjacent to an activating group) is 1. The van der Waals surface area contributed by atoms with Gasteiger partial charge in [-0.05, 0) is 26.3 Å². The first kappa shape index (κ1) is 18.9. The van der Waals surface area contributed by atoms with Crippen molar-refractivity contribution in [3.63, 3.8) is 0 Å². The SMILES string of the molecule is CN1CCN(Cc2noc(C3CCC(=O)N(C4CCCCCC4)C3)n2)CC1. The summed E-state index contributed by atoms with van der Waals surface area (Å²) in [4.78, 5) is 24.1. The number of hydrogen-bond acceptors (Lipinski definition) is 6. The molecule has 3 aliphatic rings. The average Bonchev–Trinajstić information content (AvgIpc) is 2.97. The Morgan fingerprint density at radius 3 is 2.52 bits per heavy atom. The monoisotopic (exact) mass is 375 g/mol. The predicted molar refractivity (Wildman–Crippen MR) is 102 cm³/mol. The summed E-state index contributed by atoms with van der Waals surface area (Å²) in [5, 5.41) is 4.23. The summed E-state index contributed by atoms with van der Waals surface area (Å²) in [7, 11) is 2.16. The minimum absolute atomic E-state index is 0.194. The molecule has 1 aromatic rings. The summed E-state index contributed by atoms with van der Waals surface area (Å²) in [5.41, 5.74) is 0. The standard InChI is InChI=1S/C20H33N5O2/c1-23-10-12-24(13-11-23)15-18-21-20(27-22-18)16-8-9-19(26)25(14-16)17-6-4-2-3-5-7-17/h16-17H,2-15H2,1H3. The minimum atomic E-state index is 0.194. The van der Waals surface area contributed by atoms with Gasteiger partial charge >= 0.3 is 0 Å². The van der Waals surface area contributed by atoms with Crippen molar-refractivity contribution in [2.45, 2.75) is 69.9 Å². The van der Waals surface area contributed by atoms with Crippen molar-refractivity contribution >= 4 is 5.91 Å². The van der Waals surface area contributed by atoms with Crippen molar-refractivity contribution in [2.75, 3.05) is 39.8 Å². The van der Waals surface area contributed by atoms with Crippen LogP contribution in [0.4, 0.5) is 0 Å². The summed E-state index contributed by atoms with van der Waals surface area (Å²) in [5.74, 6) is 2.02. The second-order valence-electron chi connectivity index (χ2n) is 8.56. The molecule has 0 bridgehead atoms. The zero-order valence-electron chi connectivity index (χ0n) is 16.6. The smallest absolute Gasteiger partial charge is 0.231 e. The van der Waals surface area contributed by atoms with Crippen molar-refractivity contribution in [2.24, 2.45) is 0 Å². The maximum absolute atomic E-state index is 12.5. The van der Waals surface area contributed by atoms with Crippen molar-refractivity contribution in [3.8, 4) is 0 Å². The Morgan fingerprint density at radius 2 is 1.78 bits per heavy atom. The predicted octanol–water partition coefficient (Wildman–Crippen LogP) is 2.25. The van der Waals surface area contributed by atoms with E-state index in [0.717, 1.165) is 70.2 Å². The summed E-state index contributed by atoms with van der Waals surface area (Å²) >= 11 is 0. The van der Waals surface area contributed by atoms with E-state index >= 15 is 0 Å². The van der Waals surface area contributed by atoms with Crippen LogP contribution in [0.2, 0.25) is 0 Å². The Labute approximate surface area is 162 Å². The van der Waals surface area contributed by atoms with Crippen LogP contribution in [-0.2, 0) is 11.3 Å². The Kier molecular flexibility index (Phi) is 6.08. The van der Waals surface area contributed by atoms with Gasteiger partial charge in [0.05, 0.1) is 12.5 Å². The topological polar surface area (TPSA) is 65.7 Å². The van der Waals surface area contributed by atoms with Crippen LogP contribution < -0.4 is 0 Å². The van der Waals surface area contributed by atoms with E-state index in [-0.39, 0.29) is 5.92 Å². The Morgan fingerprint density at radius 1 is 1.04 bits per heavy atom. The Balaban J connectivity index is 1.36. The van der Waals surface area contributed by atoms with Gasteiger partial charge in [0, 0.05) is 45.2 Å². The number of carbonyl (C=O) groups excluding carboxylic acids is 1. The van der Waals surface area contributed by atoms with E-state index in [4.69, 9.17) is 9.51 Å². The molecule has 0 N–H and O–H groups in total. The molecule has 150 valence electrons. The molecule has 0 spiro atoms. The lowest BCUT2D eigenvalue weighted by atomic mass is 9.94. The molecule has 7 heteroatoms. The van der Waals surface area contributed by atoms with Gasteiger partial charge in [-0.25, -0.2) is 0 Å². The highest BCUT2D eigenvalue weighted by molar-refractivity contribution is 5.77. The molecule has 7 nitrogen and oxygen atoms in total. The molecule has 27 heavy (non-hydrogen) atoms. The van der Waals surface area contributed by atoms with E-state index in [9.17, 15) is 4.79 Å². The first-order chi connectivity index (χ1) is 13.2. The van der Waals surface area contributed by atoms with Crippen molar-refractivity contribution in [1.82, 2.24) is 24.8 Å². The molecular weight excluding hydrogens is 342 g/mol. The number of piperidine rings is 1. The molecule has 1 unspecified atom stereocenters. The third-order valence-corrected chi connectivity index (χ3v) is 6.50. The summed E-state index contributed by atoms with van der Waals surface area (Å²) in [6.07, 6.45) is 8.84. The zero-order chi connectivity index (χ0) is 18.6. The number of piperazine rings is 1.